The van der Waals surface area contributed by atoms with E-state index in [1.165, 1.54) is 22.9 Å². The Morgan fingerprint density at radius 2 is 1.62 bits per heavy atom. The Hall–Kier alpha value is -4.59. The third-order valence-electron chi connectivity index (χ3n) is 6.44. The Kier molecular flexibility index (Phi) is 6.17. The zero-order valence-corrected chi connectivity index (χ0v) is 20.7. The number of aromatic amines is 1. The van der Waals surface area contributed by atoms with Gasteiger partial charge in [0.15, 0.2) is 12.4 Å². The summed E-state index contributed by atoms with van der Waals surface area (Å²) in [5.41, 5.74) is 1.43. The highest BCUT2D eigenvalue weighted by Gasteiger charge is 2.49. The lowest BCUT2D eigenvalue weighted by molar-refractivity contribution is -0.577. The van der Waals surface area contributed by atoms with Gasteiger partial charge in [-0.1, -0.05) is 51.1 Å². The number of hydrogen-bond acceptors (Lipinski definition) is 3. The number of benzene rings is 2. The molecule has 2 amide bonds. The van der Waals surface area contributed by atoms with Crippen molar-refractivity contribution in [3.8, 4) is 5.69 Å². The summed E-state index contributed by atoms with van der Waals surface area (Å²) in [4.78, 5) is 42.5. The van der Waals surface area contributed by atoms with E-state index in [2.05, 4.69) is 5.10 Å². The molecule has 8 heteroatoms. The third kappa shape index (κ3) is 4.00. The lowest BCUT2D eigenvalue weighted by atomic mass is 9.98. The minimum Gasteiger partial charge on any atom is -0.294 e. The molecule has 7 nitrogen and oxygen atoms in total. The minimum absolute atomic E-state index is 0.00163. The standard InChI is InChI=1S/C29H25FN4O3/c1-4-19-11-10-16-32(17-19)26-24(27(35)33(29(26)37)22-15-9-8-14-21(22)30)23-25(18(2)3)31-34(28(23)36)20-12-6-5-7-13-20/h5-18H,4H2,1-3H3/p+1. The van der Waals surface area contributed by atoms with Crippen molar-refractivity contribution in [2.24, 2.45) is 0 Å². The number of nitrogens with one attached hydrogen (secondary N) is 1. The van der Waals surface area contributed by atoms with Crippen molar-refractivity contribution >= 4 is 28.8 Å². The van der Waals surface area contributed by atoms with E-state index in [0.717, 1.165) is 10.5 Å². The molecule has 3 heterocycles. The molecule has 1 aliphatic heterocycles. The number of hydrogen-bond donors (Lipinski definition) is 1. The molecule has 186 valence electrons. The fraction of sp³-hybridized carbons (Fsp3) is 0.172. The first-order chi connectivity index (χ1) is 17.8. The summed E-state index contributed by atoms with van der Waals surface area (Å²) in [6, 6.07) is 18.3. The van der Waals surface area contributed by atoms with Gasteiger partial charge < -0.3 is 0 Å². The Morgan fingerprint density at radius 3 is 2.30 bits per heavy atom. The van der Waals surface area contributed by atoms with Crippen LogP contribution in [0.1, 0.15) is 43.5 Å². The van der Waals surface area contributed by atoms with E-state index < -0.39 is 23.2 Å². The number of aromatic nitrogens is 3. The molecule has 1 N–H and O–H groups in total. The number of carbonyl (C=O) groups excluding carboxylic acids is 2. The van der Waals surface area contributed by atoms with E-state index in [-0.39, 0.29) is 28.4 Å². The maximum Gasteiger partial charge on any atom is 0.331 e. The normalized spacial score (nSPS) is 13.8. The van der Waals surface area contributed by atoms with Crippen LogP contribution < -0.4 is 15.0 Å². The quantitative estimate of drug-likeness (QED) is 0.320. The van der Waals surface area contributed by atoms with Crippen LogP contribution in [-0.4, -0.2) is 21.6 Å². The molecule has 0 aliphatic carbocycles. The number of anilines is 1. The van der Waals surface area contributed by atoms with Crippen molar-refractivity contribution in [2.45, 2.75) is 33.1 Å². The Labute approximate surface area is 213 Å². The molecular weight excluding hydrogens is 471 g/mol. The van der Waals surface area contributed by atoms with Crippen LogP contribution in [0.2, 0.25) is 0 Å². The van der Waals surface area contributed by atoms with Crippen molar-refractivity contribution in [2.75, 3.05) is 4.90 Å². The molecule has 0 radical (unpaired) electrons. The van der Waals surface area contributed by atoms with Crippen molar-refractivity contribution in [1.82, 2.24) is 9.78 Å². The van der Waals surface area contributed by atoms with Crippen LogP contribution in [0.3, 0.4) is 0 Å². The zero-order valence-electron chi connectivity index (χ0n) is 20.7. The summed E-state index contributed by atoms with van der Waals surface area (Å²) in [5.74, 6) is -2.35. The van der Waals surface area contributed by atoms with Gasteiger partial charge in [0.05, 0.1) is 16.9 Å². The molecule has 0 saturated heterocycles. The first-order valence-corrected chi connectivity index (χ1v) is 12.1. The maximum absolute atomic E-state index is 14.8. The number of pyridine rings is 1. The van der Waals surface area contributed by atoms with E-state index in [9.17, 15) is 18.8 Å². The summed E-state index contributed by atoms with van der Waals surface area (Å²) >= 11 is 0. The number of nitrogens with zero attached hydrogens (tertiary/aromatic N) is 3. The Balaban J connectivity index is 1.83. The number of carbonyl (C=O) groups is 2. The van der Waals surface area contributed by atoms with Crippen LogP contribution in [0.5, 0.6) is 0 Å². The first-order valence-electron chi connectivity index (χ1n) is 12.1. The number of para-hydroxylation sites is 2. The van der Waals surface area contributed by atoms with Gasteiger partial charge in [-0.05, 0) is 42.7 Å². The van der Waals surface area contributed by atoms with Crippen molar-refractivity contribution in [3.63, 3.8) is 0 Å². The third-order valence-corrected chi connectivity index (χ3v) is 6.44. The van der Waals surface area contributed by atoms with Gasteiger partial charge in [0.1, 0.15) is 11.4 Å². The maximum atomic E-state index is 14.8. The molecule has 4 aromatic rings. The molecule has 1 aliphatic rings. The van der Waals surface area contributed by atoms with Crippen molar-refractivity contribution < 1.29 is 18.5 Å². The molecule has 2 aromatic carbocycles. The lowest BCUT2D eigenvalue weighted by Crippen LogP contribution is -2.40. The van der Waals surface area contributed by atoms with Gasteiger partial charge in [0.2, 0.25) is 0 Å². The fourth-order valence-corrected chi connectivity index (χ4v) is 4.58. The van der Waals surface area contributed by atoms with Crippen LogP contribution in [-0.2, 0) is 16.0 Å². The number of aryl methyl sites for hydroxylation is 1. The van der Waals surface area contributed by atoms with E-state index in [1.807, 2.05) is 32.9 Å². The predicted molar refractivity (Wildman–Crippen MR) is 138 cm³/mol. The fourth-order valence-electron chi connectivity index (χ4n) is 4.58. The number of rotatable bonds is 6. The average Bonchev–Trinajstić information content (AvgIpc) is 3.37. The van der Waals surface area contributed by atoms with Gasteiger partial charge in [0.25, 0.3) is 17.2 Å². The van der Waals surface area contributed by atoms with E-state index >= 15 is 0 Å². The van der Waals surface area contributed by atoms with Crippen LogP contribution >= 0.6 is 0 Å². The second-order valence-corrected chi connectivity index (χ2v) is 9.13. The second-order valence-electron chi connectivity index (χ2n) is 9.13. The van der Waals surface area contributed by atoms with Gasteiger partial charge in [-0.2, -0.15) is 4.57 Å². The number of halogens is 1. The van der Waals surface area contributed by atoms with Gasteiger partial charge >= 0.3 is 5.91 Å². The van der Waals surface area contributed by atoms with Gasteiger partial charge in [-0.25, -0.2) is 14.0 Å². The number of amides is 2. The first kappa shape index (κ1) is 24.1. The molecule has 0 bridgehead atoms. The number of H-pyrrole nitrogens is 1. The molecule has 37 heavy (non-hydrogen) atoms. The van der Waals surface area contributed by atoms with Crippen molar-refractivity contribution in [1.29, 1.82) is 0 Å². The van der Waals surface area contributed by atoms with Crippen LogP contribution in [0.25, 0.3) is 17.0 Å². The van der Waals surface area contributed by atoms with E-state index in [4.69, 9.17) is 0 Å². The van der Waals surface area contributed by atoms with Crippen molar-refractivity contribution in [3.05, 3.63) is 112 Å². The lowest BCUT2D eigenvalue weighted by Gasteiger charge is -2.14. The van der Waals surface area contributed by atoms with Crippen LogP contribution in [0, 0.1) is 5.82 Å². The summed E-state index contributed by atoms with van der Waals surface area (Å²) in [5, 5.41) is 3.14. The SMILES string of the molecule is CCc1ccc[n+](C2=C(c3c(C(C)C)[nH]n(-c4ccccc4)c3=O)C(=O)N(c3ccccc3F)C2=O)c1. The molecule has 0 unspecified atom stereocenters. The average molecular weight is 498 g/mol. The van der Waals surface area contributed by atoms with Gasteiger partial charge in [0, 0.05) is 17.3 Å². The van der Waals surface area contributed by atoms with Gasteiger partial charge in [-0.15, -0.1) is 0 Å². The summed E-state index contributed by atoms with van der Waals surface area (Å²) < 4.78 is 17.8. The van der Waals surface area contributed by atoms with Crippen LogP contribution in [0.15, 0.2) is 83.9 Å². The zero-order chi connectivity index (χ0) is 26.3. The molecule has 0 atom stereocenters. The molecular formula is C29H26FN4O3+. The monoisotopic (exact) mass is 497 g/mol. The smallest absolute Gasteiger partial charge is 0.294 e. The van der Waals surface area contributed by atoms with Gasteiger partial charge in [-0.3, -0.25) is 19.5 Å². The number of imide groups is 1. The predicted octanol–water partition coefficient (Wildman–Crippen LogP) is 4.22. The van der Waals surface area contributed by atoms with E-state index in [0.29, 0.717) is 17.8 Å². The molecule has 2 aromatic heterocycles. The molecule has 0 saturated carbocycles. The van der Waals surface area contributed by atoms with Crippen LogP contribution in [0.4, 0.5) is 10.1 Å². The molecule has 0 spiro atoms. The minimum atomic E-state index is -0.752. The topological polar surface area (TPSA) is 79.1 Å². The second kappa shape index (κ2) is 9.46. The summed E-state index contributed by atoms with van der Waals surface area (Å²) in [7, 11) is 0. The van der Waals surface area contributed by atoms with E-state index in [1.54, 1.807) is 53.4 Å². The largest absolute Gasteiger partial charge is 0.331 e. The molecule has 5 rings (SSSR count). The Morgan fingerprint density at radius 1 is 0.919 bits per heavy atom. The highest BCUT2D eigenvalue weighted by Crippen LogP contribution is 2.35. The Bertz CT molecular complexity index is 1620. The summed E-state index contributed by atoms with van der Waals surface area (Å²) in [6.07, 6.45) is 4.11. The molecule has 0 fully saturated rings. The summed E-state index contributed by atoms with van der Waals surface area (Å²) in [6.45, 7) is 5.76. The highest BCUT2D eigenvalue weighted by molar-refractivity contribution is 6.53. The highest BCUT2D eigenvalue weighted by atomic mass is 19.1.